The molecule has 0 bridgehead atoms. The lowest BCUT2D eigenvalue weighted by Gasteiger charge is -2.37. The normalized spacial score (nSPS) is 14.2. The molecule has 1 heterocycles. The van der Waals surface area contributed by atoms with Crippen LogP contribution in [0.25, 0.3) is 0 Å². The topological polar surface area (TPSA) is 76.0 Å². The van der Waals surface area contributed by atoms with E-state index in [2.05, 4.69) is 15.1 Å². The first-order valence-electron chi connectivity index (χ1n) is 8.38. The summed E-state index contributed by atoms with van der Waals surface area (Å²) in [5.41, 5.74) is 2.97. The van der Waals surface area contributed by atoms with Crippen LogP contribution < -0.4 is 10.2 Å². The number of phenols is 1. The quantitative estimate of drug-likeness (QED) is 0.716. The van der Waals surface area contributed by atoms with E-state index in [4.69, 9.17) is 17.3 Å². The average Bonchev–Trinajstić information content (AvgIpc) is 2.64. The predicted molar refractivity (Wildman–Crippen MR) is 106 cm³/mol. The number of piperazine rings is 1. The van der Waals surface area contributed by atoms with Crippen LogP contribution in [0.2, 0.25) is 0 Å². The van der Waals surface area contributed by atoms with Gasteiger partial charge in [0.05, 0.1) is 5.56 Å². The summed E-state index contributed by atoms with van der Waals surface area (Å²) in [7, 11) is 0. The van der Waals surface area contributed by atoms with Crippen LogP contribution in [0.5, 0.6) is 5.75 Å². The van der Waals surface area contributed by atoms with Crippen LogP contribution in [0, 0.1) is 6.92 Å². The van der Waals surface area contributed by atoms with Gasteiger partial charge in [0.25, 0.3) is 0 Å². The first-order chi connectivity index (χ1) is 12.4. The lowest BCUT2D eigenvalue weighted by molar-refractivity contribution is 0.0697. The van der Waals surface area contributed by atoms with Crippen molar-refractivity contribution in [1.29, 1.82) is 0 Å². The Hall–Kier alpha value is -2.80. The van der Waals surface area contributed by atoms with Gasteiger partial charge in [-0.3, -0.25) is 0 Å². The number of carboxylic acid groups (broad SMARTS) is 1. The maximum absolute atomic E-state index is 11.2. The molecule has 1 aliphatic heterocycles. The third kappa shape index (κ3) is 4.05. The number of aryl methyl sites for hydroxylation is 1. The molecule has 3 rings (SSSR count). The molecule has 2 aromatic carbocycles. The summed E-state index contributed by atoms with van der Waals surface area (Å²) in [6, 6.07) is 12.2. The Bertz CT molecular complexity index is 815. The first-order valence-corrected chi connectivity index (χ1v) is 8.79. The smallest absolute Gasteiger partial charge is 0.335 e. The second-order valence-corrected chi connectivity index (χ2v) is 6.64. The molecule has 1 fully saturated rings. The number of carbonyl (C=O) groups is 1. The molecule has 0 unspecified atom stereocenters. The van der Waals surface area contributed by atoms with Gasteiger partial charge in [-0.05, 0) is 61.1 Å². The minimum atomic E-state index is -0.957. The maximum atomic E-state index is 11.2. The van der Waals surface area contributed by atoms with E-state index >= 15 is 0 Å². The standard InChI is InChI=1S/C19H21N3O3S/c1-13-2-3-14(18(24)25)12-17(13)20-19(26)22-10-8-21(9-11-22)15-4-6-16(23)7-5-15/h2-7,12,23H,8-11H2,1H3,(H,20,26)(H,24,25). The molecule has 0 spiro atoms. The molecular weight excluding hydrogens is 350 g/mol. The highest BCUT2D eigenvalue weighted by atomic mass is 32.1. The number of hydrogen-bond acceptors (Lipinski definition) is 4. The minimum absolute atomic E-state index is 0.234. The Morgan fingerprint density at radius 2 is 1.73 bits per heavy atom. The van der Waals surface area contributed by atoms with Gasteiger partial charge in [-0.15, -0.1) is 0 Å². The van der Waals surface area contributed by atoms with Crippen LogP contribution in [0.4, 0.5) is 11.4 Å². The number of anilines is 2. The van der Waals surface area contributed by atoms with E-state index in [1.54, 1.807) is 30.3 Å². The summed E-state index contributed by atoms with van der Waals surface area (Å²) in [6.07, 6.45) is 0. The van der Waals surface area contributed by atoms with E-state index in [1.807, 2.05) is 19.1 Å². The van der Waals surface area contributed by atoms with Gasteiger partial charge in [0.2, 0.25) is 0 Å². The van der Waals surface area contributed by atoms with Gasteiger partial charge in [0, 0.05) is 37.6 Å². The molecular formula is C19H21N3O3S. The summed E-state index contributed by atoms with van der Waals surface area (Å²) < 4.78 is 0. The predicted octanol–water partition coefficient (Wildman–Crippen LogP) is 2.92. The zero-order valence-electron chi connectivity index (χ0n) is 14.5. The Labute approximate surface area is 157 Å². The van der Waals surface area contributed by atoms with Gasteiger partial charge in [-0.1, -0.05) is 6.07 Å². The van der Waals surface area contributed by atoms with Gasteiger partial charge in [0.1, 0.15) is 5.75 Å². The number of aromatic carboxylic acids is 1. The molecule has 0 amide bonds. The third-order valence-electron chi connectivity index (χ3n) is 4.51. The molecule has 0 aromatic heterocycles. The number of nitrogens with one attached hydrogen (secondary N) is 1. The van der Waals surface area contributed by atoms with Crippen LogP contribution in [0.1, 0.15) is 15.9 Å². The molecule has 0 radical (unpaired) electrons. The van der Waals surface area contributed by atoms with Crippen LogP contribution in [-0.4, -0.2) is 52.4 Å². The van der Waals surface area contributed by atoms with Gasteiger partial charge in [-0.25, -0.2) is 4.79 Å². The zero-order chi connectivity index (χ0) is 18.7. The Kier molecular flexibility index (Phi) is 5.27. The lowest BCUT2D eigenvalue weighted by atomic mass is 10.1. The third-order valence-corrected chi connectivity index (χ3v) is 4.87. The molecule has 6 nitrogen and oxygen atoms in total. The monoisotopic (exact) mass is 371 g/mol. The van der Waals surface area contributed by atoms with Gasteiger partial charge >= 0.3 is 5.97 Å². The Balaban J connectivity index is 1.61. The van der Waals surface area contributed by atoms with Gasteiger partial charge in [-0.2, -0.15) is 0 Å². The highest BCUT2D eigenvalue weighted by Crippen LogP contribution is 2.21. The lowest BCUT2D eigenvalue weighted by Crippen LogP contribution is -2.50. The van der Waals surface area contributed by atoms with E-state index in [1.165, 1.54) is 0 Å². The molecule has 136 valence electrons. The molecule has 26 heavy (non-hydrogen) atoms. The summed E-state index contributed by atoms with van der Waals surface area (Å²) in [4.78, 5) is 15.5. The van der Waals surface area contributed by atoms with Crippen molar-refractivity contribution in [2.24, 2.45) is 0 Å². The van der Waals surface area contributed by atoms with Crippen molar-refractivity contribution in [2.45, 2.75) is 6.92 Å². The van der Waals surface area contributed by atoms with Crippen molar-refractivity contribution in [1.82, 2.24) is 4.90 Å². The number of phenolic OH excluding ortho intramolecular Hbond substituents is 1. The minimum Gasteiger partial charge on any atom is -0.508 e. The second kappa shape index (κ2) is 7.61. The highest BCUT2D eigenvalue weighted by Gasteiger charge is 2.20. The van der Waals surface area contributed by atoms with Crippen LogP contribution in [-0.2, 0) is 0 Å². The zero-order valence-corrected chi connectivity index (χ0v) is 15.3. The van der Waals surface area contributed by atoms with E-state index in [0.717, 1.165) is 43.1 Å². The largest absolute Gasteiger partial charge is 0.508 e. The summed E-state index contributed by atoms with van der Waals surface area (Å²) >= 11 is 5.51. The molecule has 2 aromatic rings. The van der Waals surface area contributed by atoms with Crippen LogP contribution in [0.15, 0.2) is 42.5 Å². The second-order valence-electron chi connectivity index (χ2n) is 6.26. The van der Waals surface area contributed by atoms with E-state index in [9.17, 15) is 9.90 Å². The Morgan fingerprint density at radius 3 is 2.35 bits per heavy atom. The highest BCUT2D eigenvalue weighted by molar-refractivity contribution is 7.80. The summed E-state index contributed by atoms with van der Waals surface area (Å²) in [5, 5.41) is 22.3. The SMILES string of the molecule is Cc1ccc(C(=O)O)cc1NC(=S)N1CCN(c2ccc(O)cc2)CC1. The molecule has 7 heteroatoms. The van der Waals surface area contributed by atoms with Crippen molar-refractivity contribution >= 4 is 34.7 Å². The maximum Gasteiger partial charge on any atom is 0.335 e. The van der Waals surface area contributed by atoms with Gasteiger partial charge < -0.3 is 25.3 Å². The van der Waals surface area contributed by atoms with E-state index < -0.39 is 5.97 Å². The van der Waals surface area contributed by atoms with Crippen molar-refractivity contribution in [3.8, 4) is 5.75 Å². The first kappa shape index (κ1) is 18.0. The fourth-order valence-electron chi connectivity index (χ4n) is 2.92. The van der Waals surface area contributed by atoms with Crippen molar-refractivity contribution < 1.29 is 15.0 Å². The van der Waals surface area contributed by atoms with Crippen LogP contribution in [0.3, 0.4) is 0 Å². The van der Waals surface area contributed by atoms with E-state index in [0.29, 0.717) is 5.11 Å². The number of nitrogens with zero attached hydrogens (tertiary/aromatic N) is 2. The molecule has 0 atom stereocenters. The number of carboxylic acids is 1. The van der Waals surface area contributed by atoms with Crippen molar-refractivity contribution in [3.05, 3.63) is 53.6 Å². The molecule has 1 aliphatic rings. The number of rotatable bonds is 3. The number of hydrogen-bond donors (Lipinski definition) is 3. The number of thiocarbonyl (C=S) groups is 1. The summed E-state index contributed by atoms with van der Waals surface area (Å²) in [6.45, 7) is 5.09. The van der Waals surface area contributed by atoms with E-state index in [-0.39, 0.29) is 11.3 Å². The average molecular weight is 371 g/mol. The Morgan fingerprint density at radius 1 is 1.08 bits per heavy atom. The molecule has 3 N–H and O–H groups in total. The van der Waals surface area contributed by atoms with Crippen molar-refractivity contribution in [3.63, 3.8) is 0 Å². The number of benzene rings is 2. The molecule has 1 saturated heterocycles. The fraction of sp³-hybridized carbons (Fsp3) is 0.263. The van der Waals surface area contributed by atoms with Gasteiger partial charge in [0.15, 0.2) is 5.11 Å². The molecule has 0 saturated carbocycles. The fourth-order valence-corrected chi connectivity index (χ4v) is 3.21. The summed E-state index contributed by atoms with van der Waals surface area (Å²) in [5.74, 6) is -0.696. The molecule has 0 aliphatic carbocycles. The van der Waals surface area contributed by atoms with Crippen molar-refractivity contribution in [2.75, 3.05) is 36.4 Å². The van der Waals surface area contributed by atoms with Crippen LogP contribution >= 0.6 is 12.2 Å². The number of aromatic hydroxyl groups is 1.